The Kier molecular flexibility index (Phi) is 8.33. The summed E-state index contributed by atoms with van der Waals surface area (Å²) in [6.07, 6.45) is 4.06. The highest BCUT2D eigenvalue weighted by Crippen LogP contribution is 2.35. The van der Waals surface area contributed by atoms with Crippen LogP contribution in [0.4, 0.5) is 0 Å². The molecule has 0 amide bonds. The molecule has 0 unspecified atom stereocenters. The fraction of sp³-hybridized carbons (Fsp3) is 0.556. The highest BCUT2D eigenvalue weighted by molar-refractivity contribution is 6.00. The van der Waals surface area contributed by atoms with E-state index in [2.05, 4.69) is 0 Å². The van der Waals surface area contributed by atoms with Crippen molar-refractivity contribution in [2.75, 3.05) is 6.73 Å². The normalized spacial score (nSPS) is 11.1. The minimum Gasteiger partial charge on any atom is -0.449 e. The standard InChI is InChI=1S/C18H27NO4/c1-3-5-12-18(13-6-4-2,16(20)22-14-19)17(21)23-15-10-8-7-9-11-15/h7-11H,3-6,12-14,19H2,1-2H3. The van der Waals surface area contributed by atoms with Crippen molar-refractivity contribution in [1.82, 2.24) is 0 Å². The summed E-state index contributed by atoms with van der Waals surface area (Å²) in [5.41, 5.74) is 4.06. The van der Waals surface area contributed by atoms with E-state index >= 15 is 0 Å². The molecule has 0 aliphatic carbocycles. The molecule has 0 fully saturated rings. The van der Waals surface area contributed by atoms with Gasteiger partial charge in [-0.05, 0) is 25.0 Å². The zero-order chi connectivity index (χ0) is 17.1. The lowest BCUT2D eigenvalue weighted by Crippen LogP contribution is -2.44. The molecular weight excluding hydrogens is 294 g/mol. The van der Waals surface area contributed by atoms with Crippen molar-refractivity contribution in [3.63, 3.8) is 0 Å². The first-order chi connectivity index (χ1) is 11.1. The van der Waals surface area contributed by atoms with Gasteiger partial charge in [-0.3, -0.25) is 15.3 Å². The summed E-state index contributed by atoms with van der Waals surface area (Å²) in [5.74, 6) is -0.706. The maximum atomic E-state index is 12.8. The molecule has 0 aliphatic heterocycles. The van der Waals surface area contributed by atoms with Gasteiger partial charge in [-0.15, -0.1) is 0 Å². The van der Waals surface area contributed by atoms with Gasteiger partial charge in [0.2, 0.25) is 0 Å². The average Bonchev–Trinajstić information content (AvgIpc) is 2.56. The molecule has 0 spiro atoms. The van der Waals surface area contributed by atoms with Crippen molar-refractivity contribution >= 4 is 11.9 Å². The van der Waals surface area contributed by atoms with Gasteiger partial charge in [0.15, 0.2) is 5.41 Å². The lowest BCUT2D eigenvalue weighted by atomic mass is 9.78. The van der Waals surface area contributed by atoms with Gasteiger partial charge in [0.05, 0.1) is 0 Å². The van der Waals surface area contributed by atoms with Gasteiger partial charge in [-0.25, -0.2) is 0 Å². The largest absolute Gasteiger partial charge is 0.449 e. The van der Waals surface area contributed by atoms with Crippen LogP contribution in [0.3, 0.4) is 0 Å². The topological polar surface area (TPSA) is 78.6 Å². The molecule has 0 radical (unpaired) electrons. The first kappa shape index (κ1) is 19.2. The van der Waals surface area contributed by atoms with Gasteiger partial charge in [0.1, 0.15) is 12.5 Å². The Morgan fingerprint density at radius 3 is 2.04 bits per heavy atom. The van der Waals surface area contributed by atoms with E-state index in [-0.39, 0.29) is 6.73 Å². The van der Waals surface area contributed by atoms with Crippen LogP contribution in [0, 0.1) is 5.41 Å². The van der Waals surface area contributed by atoms with E-state index in [9.17, 15) is 9.59 Å². The summed E-state index contributed by atoms with van der Waals surface area (Å²) in [4.78, 5) is 25.3. The molecule has 0 saturated heterocycles. The van der Waals surface area contributed by atoms with Crippen LogP contribution < -0.4 is 10.5 Å². The predicted molar refractivity (Wildman–Crippen MR) is 88.7 cm³/mol. The molecule has 1 rings (SSSR count). The number of carbonyl (C=O) groups is 2. The van der Waals surface area contributed by atoms with Crippen LogP contribution in [0.2, 0.25) is 0 Å². The van der Waals surface area contributed by atoms with Crippen molar-refractivity contribution in [2.45, 2.75) is 52.4 Å². The van der Waals surface area contributed by atoms with E-state index in [1.807, 2.05) is 19.9 Å². The maximum Gasteiger partial charge on any atom is 0.328 e. The average molecular weight is 321 g/mol. The van der Waals surface area contributed by atoms with Gasteiger partial charge in [-0.2, -0.15) is 0 Å². The van der Waals surface area contributed by atoms with Crippen LogP contribution in [0.5, 0.6) is 5.75 Å². The fourth-order valence-corrected chi connectivity index (χ4v) is 2.48. The van der Waals surface area contributed by atoms with Crippen molar-refractivity contribution in [3.8, 4) is 5.75 Å². The number of benzene rings is 1. The van der Waals surface area contributed by atoms with Crippen LogP contribution in [-0.4, -0.2) is 18.7 Å². The number of esters is 2. The van der Waals surface area contributed by atoms with Crippen molar-refractivity contribution in [1.29, 1.82) is 0 Å². The molecule has 0 atom stereocenters. The summed E-state index contributed by atoms with van der Waals surface area (Å²) in [6.45, 7) is 3.79. The quantitative estimate of drug-likeness (QED) is 0.309. The second kappa shape index (κ2) is 10.0. The maximum absolute atomic E-state index is 12.8. The third-order valence-electron chi connectivity index (χ3n) is 3.86. The van der Waals surface area contributed by atoms with Crippen molar-refractivity contribution < 1.29 is 19.1 Å². The summed E-state index contributed by atoms with van der Waals surface area (Å²) in [5, 5.41) is 0. The van der Waals surface area contributed by atoms with Crippen molar-refractivity contribution in [2.24, 2.45) is 11.1 Å². The predicted octanol–water partition coefficient (Wildman–Crippen LogP) is 3.42. The summed E-state index contributed by atoms with van der Waals surface area (Å²) < 4.78 is 10.5. The van der Waals surface area contributed by atoms with E-state index in [0.29, 0.717) is 18.6 Å². The Labute approximate surface area is 138 Å². The molecule has 0 heterocycles. The number of para-hydroxylation sites is 1. The SMILES string of the molecule is CCCCC(CCCC)(C(=O)OCN)C(=O)Oc1ccccc1. The van der Waals surface area contributed by atoms with Crippen LogP contribution >= 0.6 is 0 Å². The number of hydrogen-bond donors (Lipinski definition) is 1. The summed E-state index contributed by atoms with van der Waals surface area (Å²) in [7, 11) is 0. The smallest absolute Gasteiger partial charge is 0.328 e. The van der Waals surface area contributed by atoms with Crippen LogP contribution in [0.25, 0.3) is 0 Å². The lowest BCUT2D eigenvalue weighted by molar-refractivity contribution is -0.168. The molecule has 0 aromatic heterocycles. The van der Waals surface area contributed by atoms with Gasteiger partial charge in [-0.1, -0.05) is 57.7 Å². The van der Waals surface area contributed by atoms with E-state index in [1.54, 1.807) is 24.3 Å². The third kappa shape index (κ3) is 5.36. The molecule has 0 bridgehead atoms. The number of unbranched alkanes of at least 4 members (excludes halogenated alkanes) is 2. The zero-order valence-corrected chi connectivity index (χ0v) is 14.0. The first-order valence-corrected chi connectivity index (χ1v) is 8.25. The molecule has 1 aromatic carbocycles. The number of carbonyl (C=O) groups excluding carboxylic acids is 2. The van der Waals surface area contributed by atoms with Crippen LogP contribution in [0.15, 0.2) is 30.3 Å². The molecular formula is C18H27NO4. The van der Waals surface area contributed by atoms with E-state index in [1.165, 1.54) is 0 Å². The Morgan fingerprint density at radius 2 is 1.57 bits per heavy atom. The Bertz CT molecular complexity index is 479. The van der Waals surface area contributed by atoms with Gasteiger partial charge in [0, 0.05) is 0 Å². The van der Waals surface area contributed by atoms with E-state index in [0.717, 1.165) is 25.7 Å². The summed E-state index contributed by atoms with van der Waals surface area (Å²) >= 11 is 0. The molecule has 5 nitrogen and oxygen atoms in total. The van der Waals surface area contributed by atoms with E-state index < -0.39 is 17.4 Å². The third-order valence-corrected chi connectivity index (χ3v) is 3.86. The number of nitrogens with two attached hydrogens (primary N) is 1. The van der Waals surface area contributed by atoms with Crippen LogP contribution in [-0.2, 0) is 14.3 Å². The lowest BCUT2D eigenvalue weighted by Gasteiger charge is -2.29. The second-order valence-corrected chi connectivity index (χ2v) is 5.59. The molecule has 5 heteroatoms. The Balaban J connectivity index is 3.06. The Hall–Kier alpha value is -1.88. The Morgan fingerprint density at radius 1 is 1.00 bits per heavy atom. The fourth-order valence-electron chi connectivity index (χ4n) is 2.48. The molecule has 1 aromatic rings. The molecule has 23 heavy (non-hydrogen) atoms. The number of rotatable bonds is 10. The highest BCUT2D eigenvalue weighted by Gasteiger charge is 2.48. The van der Waals surface area contributed by atoms with E-state index in [4.69, 9.17) is 15.2 Å². The molecule has 0 aliphatic rings. The molecule has 0 saturated carbocycles. The number of hydrogen-bond acceptors (Lipinski definition) is 5. The first-order valence-electron chi connectivity index (χ1n) is 8.25. The number of ether oxygens (including phenoxy) is 2. The minimum atomic E-state index is -1.28. The zero-order valence-electron chi connectivity index (χ0n) is 14.0. The second-order valence-electron chi connectivity index (χ2n) is 5.59. The highest BCUT2D eigenvalue weighted by atomic mass is 16.6. The molecule has 128 valence electrons. The van der Waals surface area contributed by atoms with Crippen LogP contribution in [0.1, 0.15) is 52.4 Å². The summed E-state index contributed by atoms with van der Waals surface area (Å²) in [6, 6.07) is 8.77. The van der Waals surface area contributed by atoms with Crippen molar-refractivity contribution in [3.05, 3.63) is 30.3 Å². The molecule has 2 N–H and O–H groups in total. The van der Waals surface area contributed by atoms with Gasteiger partial charge in [0.25, 0.3) is 0 Å². The van der Waals surface area contributed by atoms with Gasteiger partial charge >= 0.3 is 11.9 Å². The van der Waals surface area contributed by atoms with Gasteiger partial charge < -0.3 is 9.47 Å². The monoisotopic (exact) mass is 321 g/mol. The minimum absolute atomic E-state index is 0.239.